The number of carbonyl (C=O) groups excluding carboxylic acids is 1. The first-order valence-corrected chi connectivity index (χ1v) is 10.4. The van der Waals surface area contributed by atoms with Crippen LogP contribution in [0, 0.1) is 5.92 Å². The highest BCUT2D eigenvalue weighted by Gasteiger charge is 2.23. The van der Waals surface area contributed by atoms with Crippen LogP contribution >= 0.6 is 12.6 Å². The summed E-state index contributed by atoms with van der Waals surface area (Å²) < 4.78 is 22.5. The minimum Gasteiger partial charge on any atom is -0.351 e. The molecule has 0 radical (unpaired) electrons. The molecule has 0 spiro atoms. The number of carbonyl (C=O) groups is 1. The largest absolute Gasteiger partial charge is 0.351 e. The van der Waals surface area contributed by atoms with Gasteiger partial charge in [-0.3, -0.25) is 4.79 Å². The lowest BCUT2D eigenvalue weighted by atomic mass is 9.98. The van der Waals surface area contributed by atoms with E-state index in [4.69, 9.17) is 10.9 Å². The van der Waals surface area contributed by atoms with E-state index in [1.54, 1.807) is 12.1 Å². The lowest BCUT2D eigenvalue weighted by Gasteiger charge is -2.25. The molecule has 1 aromatic carbocycles. The van der Waals surface area contributed by atoms with Crippen molar-refractivity contribution in [2.75, 3.05) is 12.3 Å². The summed E-state index contributed by atoms with van der Waals surface area (Å²) in [7, 11) is -3.71. The van der Waals surface area contributed by atoms with Gasteiger partial charge < -0.3 is 16.4 Å². The molecule has 0 aliphatic heterocycles. The summed E-state index contributed by atoms with van der Waals surface area (Å²) in [5.74, 6) is 0.575. The molecule has 0 aliphatic rings. The smallest absolute Gasteiger partial charge is 0.238 e. The standard InChI is InChI=1S/C16H28N4O3S2/c1-3-11(2)15(19-9-13(17)10-24)16(21)20-8-12-4-6-14(7-5-12)25(18,22)23/h4-7,11,13,15,19,24H,3,8-10,17H2,1-2H3,(H,20,21)(H2,18,22,23)/t11-,13?,15+/m0/s1. The van der Waals surface area contributed by atoms with Gasteiger partial charge in [-0.25, -0.2) is 13.6 Å². The molecule has 0 heterocycles. The molecular formula is C16H28N4O3S2. The molecule has 1 unspecified atom stereocenters. The average Bonchev–Trinajstić information content (AvgIpc) is 2.59. The molecule has 0 fully saturated rings. The Morgan fingerprint density at radius 2 is 1.88 bits per heavy atom. The minimum absolute atomic E-state index is 0.0440. The van der Waals surface area contributed by atoms with Crippen LogP contribution in [0.3, 0.4) is 0 Å². The highest BCUT2D eigenvalue weighted by molar-refractivity contribution is 7.89. The van der Waals surface area contributed by atoms with E-state index in [9.17, 15) is 13.2 Å². The fourth-order valence-corrected chi connectivity index (χ4v) is 2.87. The first-order chi connectivity index (χ1) is 11.7. The molecule has 1 rings (SSSR count). The summed E-state index contributed by atoms with van der Waals surface area (Å²) in [4.78, 5) is 12.5. The Hall–Kier alpha value is -1.13. The Morgan fingerprint density at radius 1 is 1.28 bits per heavy atom. The van der Waals surface area contributed by atoms with Gasteiger partial charge in [0.2, 0.25) is 15.9 Å². The summed E-state index contributed by atoms with van der Waals surface area (Å²) in [5.41, 5.74) is 6.64. The molecule has 0 aliphatic carbocycles. The zero-order chi connectivity index (χ0) is 19.0. The highest BCUT2D eigenvalue weighted by atomic mass is 32.2. The van der Waals surface area contributed by atoms with Crippen molar-refractivity contribution in [2.24, 2.45) is 16.8 Å². The zero-order valence-electron chi connectivity index (χ0n) is 14.6. The van der Waals surface area contributed by atoms with Gasteiger partial charge in [-0.15, -0.1) is 0 Å². The Balaban J connectivity index is 2.67. The van der Waals surface area contributed by atoms with Crippen LogP contribution < -0.4 is 21.5 Å². The van der Waals surface area contributed by atoms with Gasteiger partial charge in [0.25, 0.3) is 0 Å². The van der Waals surface area contributed by atoms with E-state index in [1.165, 1.54) is 12.1 Å². The predicted molar refractivity (Wildman–Crippen MR) is 103 cm³/mol. The van der Waals surface area contributed by atoms with Crippen LogP contribution in [0.25, 0.3) is 0 Å². The SMILES string of the molecule is CC[C@H](C)[C@@H](NCC(N)CS)C(=O)NCc1ccc(S(N)(=O)=O)cc1. The third kappa shape index (κ3) is 7.33. The molecular weight excluding hydrogens is 360 g/mol. The van der Waals surface area contributed by atoms with E-state index >= 15 is 0 Å². The van der Waals surface area contributed by atoms with E-state index < -0.39 is 10.0 Å². The number of thiol groups is 1. The van der Waals surface area contributed by atoms with Crippen molar-refractivity contribution in [2.45, 2.75) is 43.8 Å². The van der Waals surface area contributed by atoms with Gasteiger partial charge in [-0.1, -0.05) is 32.4 Å². The summed E-state index contributed by atoms with van der Waals surface area (Å²) in [6.07, 6.45) is 0.851. The molecule has 1 amide bonds. The lowest BCUT2D eigenvalue weighted by molar-refractivity contribution is -0.124. The van der Waals surface area contributed by atoms with Crippen molar-refractivity contribution < 1.29 is 13.2 Å². The van der Waals surface area contributed by atoms with Crippen LogP contribution in [0.15, 0.2) is 29.2 Å². The quantitative estimate of drug-likeness (QED) is 0.366. The van der Waals surface area contributed by atoms with Crippen LogP contribution in [0.2, 0.25) is 0 Å². The van der Waals surface area contributed by atoms with Crippen LogP contribution in [0.5, 0.6) is 0 Å². The lowest BCUT2D eigenvalue weighted by Crippen LogP contribution is -2.51. The van der Waals surface area contributed by atoms with Gasteiger partial charge >= 0.3 is 0 Å². The third-order valence-electron chi connectivity index (χ3n) is 4.05. The first kappa shape index (κ1) is 21.9. The molecule has 25 heavy (non-hydrogen) atoms. The van der Waals surface area contributed by atoms with E-state index in [1.807, 2.05) is 13.8 Å². The van der Waals surface area contributed by atoms with Crippen molar-refractivity contribution in [3.05, 3.63) is 29.8 Å². The summed E-state index contributed by atoms with van der Waals surface area (Å²) >= 11 is 4.14. The fourth-order valence-electron chi connectivity index (χ4n) is 2.23. The molecule has 1 aromatic rings. The monoisotopic (exact) mass is 388 g/mol. The summed E-state index contributed by atoms with van der Waals surface area (Å²) in [5, 5.41) is 11.1. The van der Waals surface area contributed by atoms with Crippen molar-refractivity contribution in [3.8, 4) is 0 Å². The second-order valence-corrected chi connectivity index (χ2v) is 8.05. The number of sulfonamides is 1. The molecule has 142 valence electrons. The molecule has 3 atom stereocenters. The van der Waals surface area contributed by atoms with Crippen molar-refractivity contribution in [1.29, 1.82) is 0 Å². The van der Waals surface area contributed by atoms with Crippen LogP contribution in [-0.4, -0.2) is 38.7 Å². The number of rotatable bonds is 10. The Morgan fingerprint density at radius 3 is 2.36 bits per heavy atom. The Labute approximate surface area is 155 Å². The Bertz CT molecular complexity index is 650. The molecule has 0 saturated heterocycles. The molecule has 6 N–H and O–H groups in total. The second kappa shape index (κ2) is 10.1. The van der Waals surface area contributed by atoms with E-state index in [0.29, 0.717) is 18.8 Å². The van der Waals surface area contributed by atoms with Gasteiger partial charge in [-0.05, 0) is 23.6 Å². The van der Waals surface area contributed by atoms with Crippen LogP contribution in [-0.2, 0) is 21.4 Å². The molecule has 7 nitrogen and oxygen atoms in total. The zero-order valence-corrected chi connectivity index (χ0v) is 16.3. The molecule has 0 bridgehead atoms. The van der Waals surface area contributed by atoms with E-state index in [2.05, 4.69) is 23.3 Å². The van der Waals surface area contributed by atoms with Crippen molar-refractivity contribution in [3.63, 3.8) is 0 Å². The highest BCUT2D eigenvalue weighted by Crippen LogP contribution is 2.10. The number of nitrogens with two attached hydrogens (primary N) is 2. The van der Waals surface area contributed by atoms with Gasteiger partial charge in [0, 0.05) is 24.9 Å². The van der Waals surface area contributed by atoms with Gasteiger partial charge in [0.1, 0.15) is 0 Å². The number of primary sulfonamides is 1. The number of hydrogen-bond acceptors (Lipinski definition) is 6. The van der Waals surface area contributed by atoms with Gasteiger partial charge in [-0.2, -0.15) is 12.6 Å². The minimum atomic E-state index is -3.71. The topological polar surface area (TPSA) is 127 Å². The maximum absolute atomic E-state index is 12.5. The second-order valence-electron chi connectivity index (χ2n) is 6.12. The fraction of sp³-hybridized carbons (Fsp3) is 0.562. The maximum Gasteiger partial charge on any atom is 0.238 e. The van der Waals surface area contributed by atoms with Gasteiger partial charge in [0.15, 0.2) is 0 Å². The van der Waals surface area contributed by atoms with E-state index in [0.717, 1.165) is 12.0 Å². The van der Waals surface area contributed by atoms with Crippen LogP contribution in [0.4, 0.5) is 0 Å². The average molecular weight is 389 g/mol. The molecule has 9 heteroatoms. The normalized spacial score (nSPS) is 15.4. The number of hydrogen-bond donors (Lipinski definition) is 5. The van der Waals surface area contributed by atoms with Gasteiger partial charge in [0.05, 0.1) is 10.9 Å². The third-order valence-corrected chi connectivity index (χ3v) is 5.45. The molecule has 0 aromatic heterocycles. The van der Waals surface area contributed by atoms with E-state index in [-0.39, 0.29) is 28.8 Å². The van der Waals surface area contributed by atoms with Crippen molar-refractivity contribution in [1.82, 2.24) is 10.6 Å². The summed E-state index contributed by atoms with van der Waals surface area (Å²) in [6, 6.07) is 5.64. The molecule has 0 saturated carbocycles. The number of amides is 1. The predicted octanol–water partition coefficient (Wildman–Crippen LogP) is 0.212. The summed E-state index contributed by atoms with van der Waals surface area (Å²) in [6.45, 7) is 4.84. The number of nitrogens with one attached hydrogen (secondary N) is 2. The van der Waals surface area contributed by atoms with Crippen molar-refractivity contribution >= 4 is 28.6 Å². The van der Waals surface area contributed by atoms with Crippen LogP contribution in [0.1, 0.15) is 25.8 Å². The maximum atomic E-state index is 12.5. The number of benzene rings is 1. The Kier molecular flexibility index (Phi) is 8.87. The first-order valence-electron chi connectivity index (χ1n) is 8.18.